The van der Waals surface area contributed by atoms with E-state index in [1.54, 1.807) is 43.3 Å². The second-order valence-corrected chi connectivity index (χ2v) is 4.83. The highest BCUT2D eigenvalue weighted by atomic mass is 16.6. The molecule has 0 aliphatic heterocycles. The van der Waals surface area contributed by atoms with Crippen molar-refractivity contribution in [3.05, 3.63) is 70.3 Å². The summed E-state index contributed by atoms with van der Waals surface area (Å²) in [6.07, 6.45) is 1.29. The SMILES string of the molecule is CCOC(=O)/C=C(/Nc1ccccc1N)c1ccc([N+](=O)[O-])cc1. The number of nitrogen functional groups attached to an aromatic ring is 1. The first-order valence-corrected chi connectivity index (χ1v) is 7.26. The second kappa shape index (κ2) is 7.77. The van der Waals surface area contributed by atoms with Gasteiger partial charge in [0.05, 0.1) is 28.6 Å². The van der Waals surface area contributed by atoms with Gasteiger partial charge in [0.1, 0.15) is 0 Å². The standard InChI is InChI=1S/C17H17N3O4/c1-2-24-17(21)11-16(19-15-6-4-3-5-14(15)18)12-7-9-13(10-8-12)20(22)23/h3-11,19H,2,18H2,1H3/b16-11+. The molecule has 0 atom stereocenters. The molecular weight excluding hydrogens is 310 g/mol. The summed E-state index contributed by atoms with van der Waals surface area (Å²) in [5, 5.41) is 13.8. The monoisotopic (exact) mass is 327 g/mol. The van der Waals surface area contributed by atoms with E-state index >= 15 is 0 Å². The average Bonchev–Trinajstić information content (AvgIpc) is 2.56. The number of nitro benzene ring substituents is 1. The highest BCUT2D eigenvalue weighted by molar-refractivity contribution is 5.95. The highest BCUT2D eigenvalue weighted by Gasteiger charge is 2.10. The van der Waals surface area contributed by atoms with Crippen molar-refractivity contribution in [1.29, 1.82) is 0 Å². The van der Waals surface area contributed by atoms with E-state index in [0.29, 0.717) is 22.6 Å². The molecule has 0 aliphatic rings. The smallest absolute Gasteiger partial charge is 0.332 e. The molecule has 0 amide bonds. The van der Waals surface area contributed by atoms with Crippen molar-refractivity contribution in [3.8, 4) is 0 Å². The van der Waals surface area contributed by atoms with Crippen LogP contribution in [0.2, 0.25) is 0 Å². The summed E-state index contributed by atoms with van der Waals surface area (Å²) in [6.45, 7) is 1.95. The Morgan fingerprint density at radius 2 is 1.92 bits per heavy atom. The third-order valence-corrected chi connectivity index (χ3v) is 3.17. The van der Waals surface area contributed by atoms with E-state index < -0.39 is 10.9 Å². The summed E-state index contributed by atoms with van der Waals surface area (Å²) in [5.41, 5.74) is 8.02. The van der Waals surface area contributed by atoms with Crippen molar-refractivity contribution in [3.63, 3.8) is 0 Å². The van der Waals surface area contributed by atoms with Crippen LogP contribution in [0.4, 0.5) is 17.1 Å². The van der Waals surface area contributed by atoms with Crippen LogP contribution in [0.15, 0.2) is 54.6 Å². The molecule has 0 spiro atoms. The van der Waals surface area contributed by atoms with Crippen LogP contribution in [0.25, 0.3) is 5.70 Å². The number of ether oxygens (including phenoxy) is 1. The minimum atomic E-state index is -0.521. The number of nitrogens with one attached hydrogen (secondary N) is 1. The maximum Gasteiger partial charge on any atom is 0.332 e. The maximum atomic E-state index is 11.8. The number of hydrogen-bond acceptors (Lipinski definition) is 6. The number of hydrogen-bond donors (Lipinski definition) is 2. The van der Waals surface area contributed by atoms with Crippen LogP contribution in [-0.4, -0.2) is 17.5 Å². The molecule has 0 fully saturated rings. The van der Waals surface area contributed by atoms with Crippen LogP contribution in [0.1, 0.15) is 12.5 Å². The quantitative estimate of drug-likeness (QED) is 0.277. The van der Waals surface area contributed by atoms with Crippen LogP contribution >= 0.6 is 0 Å². The molecular formula is C17H17N3O4. The number of carbonyl (C=O) groups is 1. The van der Waals surface area contributed by atoms with Crippen molar-refractivity contribution >= 4 is 28.7 Å². The molecule has 0 heterocycles. The number of nitrogens with zero attached hydrogens (tertiary/aromatic N) is 1. The molecule has 124 valence electrons. The van der Waals surface area contributed by atoms with Gasteiger partial charge in [0.25, 0.3) is 5.69 Å². The zero-order valence-corrected chi connectivity index (χ0v) is 13.1. The lowest BCUT2D eigenvalue weighted by Gasteiger charge is -2.13. The summed E-state index contributed by atoms with van der Waals surface area (Å²) < 4.78 is 4.93. The molecule has 0 bridgehead atoms. The summed E-state index contributed by atoms with van der Waals surface area (Å²) in [7, 11) is 0. The van der Waals surface area contributed by atoms with Gasteiger partial charge < -0.3 is 15.8 Å². The normalized spacial score (nSPS) is 11.0. The number of anilines is 2. The van der Waals surface area contributed by atoms with E-state index in [1.165, 1.54) is 18.2 Å². The molecule has 0 saturated carbocycles. The first-order chi connectivity index (χ1) is 11.5. The Bertz CT molecular complexity index is 770. The minimum absolute atomic E-state index is 0.0338. The number of nitro groups is 1. The molecule has 0 unspecified atom stereocenters. The van der Waals surface area contributed by atoms with Gasteiger partial charge in [0.2, 0.25) is 0 Å². The van der Waals surface area contributed by atoms with Crippen molar-refractivity contribution in [1.82, 2.24) is 0 Å². The number of non-ortho nitro benzene ring substituents is 1. The topological polar surface area (TPSA) is 107 Å². The van der Waals surface area contributed by atoms with Crippen LogP contribution in [-0.2, 0) is 9.53 Å². The summed E-state index contributed by atoms with van der Waals surface area (Å²) in [6, 6.07) is 12.9. The van der Waals surface area contributed by atoms with E-state index in [-0.39, 0.29) is 12.3 Å². The lowest BCUT2D eigenvalue weighted by atomic mass is 10.1. The van der Waals surface area contributed by atoms with Gasteiger partial charge in [0, 0.05) is 18.2 Å². The number of para-hydroxylation sites is 2. The summed E-state index contributed by atoms with van der Waals surface area (Å²) >= 11 is 0. The van der Waals surface area contributed by atoms with Gasteiger partial charge in [-0.15, -0.1) is 0 Å². The molecule has 0 aliphatic carbocycles. The van der Waals surface area contributed by atoms with Gasteiger partial charge in [-0.25, -0.2) is 4.79 Å². The summed E-state index contributed by atoms with van der Waals surface area (Å²) in [4.78, 5) is 22.1. The van der Waals surface area contributed by atoms with E-state index in [4.69, 9.17) is 10.5 Å². The van der Waals surface area contributed by atoms with Crippen molar-refractivity contribution in [2.45, 2.75) is 6.92 Å². The largest absolute Gasteiger partial charge is 0.463 e. The number of rotatable bonds is 6. The lowest BCUT2D eigenvalue weighted by Crippen LogP contribution is -2.07. The van der Waals surface area contributed by atoms with E-state index in [0.717, 1.165) is 0 Å². The minimum Gasteiger partial charge on any atom is -0.463 e. The molecule has 0 radical (unpaired) electrons. The predicted molar refractivity (Wildman–Crippen MR) is 92.2 cm³/mol. The van der Waals surface area contributed by atoms with Crippen molar-refractivity contribution in [2.24, 2.45) is 0 Å². The number of nitrogens with two attached hydrogens (primary N) is 1. The predicted octanol–water partition coefficient (Wildman–Crippen LogP) is 3.19. The van der Waals surface area contributed by atoms with Gasteiger partial charge in [-0.2, -0.15) is 0 Å². The van der Waals surface area contributed by atoms with Gasteiger partial charge in [-0.3, -0.25) is 10.1 Å². The molecule has 7 heteroatoms. The Morgan fingerprint density at radius 3 is 2.50 bits per heavy atom. The van der Waals surface area contributed by atoms with E-state index in [2.05, 4.69) is 5.32 Å². The Hall–Kier alpha value is -3.35. The van der Waals surface area contributed by atoms with Gasteiger partial charge in [-0.05, 0) is 36.8 Å². The number of benzene rings is 2. The third-order valence-electron chi connectivity index (χ3n) is 3.17. The molecule has 2 aromatic carbocycles. The third kappa shape index (κ3) is 4.33. The molecule has 0 aromatic heterocycles. The Balaban J connectivity index is 2.37. The van der Waals surface area contributed by atoms with Gasteiger partial charge >= 0.3 is 5.97 Å². The fourth-order valence-corrected chi connectivity index (χ4v) is 2.01. The lowest BCUT2D eigenvalue weighted by molar-refractivity contribution is -0.384. The van der Waals surface area contributed by atoms with E-state index in [1.807, 2.05) is 0 Å². The number of carbonyl (C=O) groups excluding carboxylic acids is 1. The molecule has 2 aromatic rings. The highest BCUT2D eigenvalue weighted by Crippen LogP contribution is 2.25. The van der Waals surface area contributed by atoms with Crippen LogP contribution < -0.4 is 11.1 Å². The Labute approximate surface area is 138 Å². The first-order valence-electron chi connectivity index (χ1n) is 7.26. The summed E-state index contributed by atoms with van der Waals surface area (Å²) in [5.74, 6) is -0.521. The second-order valence-electron chi connectivity index (χ2n) is 4.83. The van der Waals surface area contributed by atoms with Crippen LogP contribution in [0, 0.1) is 10.1 Å². The molecule has 0 saturated heterocycles. The van der Waals surface area contributed by atoms with Crippen LogP contribution in [0.3, 0.4) is 0 Å². The molecule has 3 N–H and O–H groups in total. The van der Waals surface area contributed by atoms with Crippen molar-refractivity contribution in [2.75, 3.05) is 17.7 Å². The Morgan fingerprint density at radius 1 is 1.25 bits per heavy atom. The average molecular weight is 327 g/mol. The zero-order valence-electron chi connectivity index (χ0n) is 13.1. The Kier molecular flexibility index (Phi) is 5.51. The van der Waals surface area contributed by atoms with Crippen LogP contribution in [0.5, 0.6) is 0 Å². The first kappa shape index (κ1) is 17.0. The fourth-order valence-electron chi connectivity index (χ4n) is 2.01. The van der Waals surface area contributed by atoms with E-state index in [9.17, 15) is 14.9 Å². The number of esters is 1. The van der Waals surface area contributed by atoms with Crippen molar-refractivity contribution < 1.29 is 14.5 Å². The van der Waals surface area contributed by atoms with Gasteiger partial charge in [-0.1, -0.05) is 12.1 Å². The molecule has 24 heavy (non-hydrogen) atoms. The molecule has 7 nitrogen and oxygen atoms in total. The fraction of sp³-hybridized carbons (Fsp3) is 0.118. The van der Waals surface area contributed by atoms with Gasteiger partial charge in [0.15, 0.2) is 0 Å². The maximum absolute atomic E-state index is 11.8. The molecule has 2 rings (SSSR count). The zero-order chi connectivity index (χ0) is 17.5.